The molecule has 1 N–H and O–H groups in total. The number of hydrogen-bond donors (Lipinski definition) is 1. The standard InChI is InChI=1S/C18H15F2NO4/c1-24-16-7-5-12(9-15(16)20)6-8-18(23)25-11-17(22)21-14-4-2-3-13(19)10-14/h2-10H,11H2,1H3,(H,21,22)/b8-6+. The van der Waals surface area contributed by atoms with E-state index in [-0.39, 0.29) is 11.4 Å². The first-order valence-corrected chi connectivity index (χ1v) is 7.22. The zero-order valence-electron chi connectivity index (χ0n) is 13.3. The van der Waals surface area contributed by atoms with Crippen molar-refractivity contribution >= 4 is 23.6 Å². The molecule has 2 rings (SSSR count). The van der Waals surface area contributed by atoms with Crippen molar-refractivity contribution in [2.75, 3.05) is 19.0 Å². The van der Waals surface area contributed by atoms with Crippen LogP contribution in [0.3, 0.4) is 0 Å². The van der Waals surface area contributed by atoms with Crippen molar-refractivity contribution in [2.45, 2.75) is 0 Å². The number of esters is 1. The molecule has 0 aliphatic heterocycles. The number of nitrogens with one attached hydrogen (secondary N) is 1. The van der Waals surface area contributed by atoms with Crippen LogP contribution in [0.5, 0.6) is 5.75 Å². The van der Waals surface area contributed by atoms with Crippen LogP contribution in [0.2, 0.25) is 0 Å². The van der Waals surface area contributed by atoms with Gasteiger partial charge in [0.15, 0.2) is 18.2 Å². The monoisotopic (exact) mass is 347 g/mol. The number of ether oxygens (including phenoxy) is 2. The fourth-order valence-corrected chi connectivity index (χ4v) is 1.90. The quantitative estimate of drug-likeness (QED) is 0.644. The van der Waals surface area contributed by atoms with Crippen molar-refractivity contribution in [3.05, 3.63) is 65.7 Å². The van der Waals surface area contributed by atoms with E-state index in [1.165, 1.54) is 43.5 Å². The van der Waals surface area contributed by atoms with Crippen molar-refractivity contribution in [2.24, 2.45) is 0 Å². The molecule has 0 fully saturated rings. The van der Waals surface area contributed by atoms with E-state index in [9.17, 15) is 18.4 Å². The summed E-state index contributed by atoms with van der Waals surface area (Å²) < 4.78 is 36.0. The Morgan fingerprint density at radius 3 is 2.64 bits per heavy atom. The molecule has 5 nitrogen and oxygen atoms in total. The van der Waals surface area contributed by atoms with E-state index in [4.69, 9.17) is 9.47 Å². The van der Waals surface area contributed by atoms with Gasteiger partial charge in [-0.05, 0) is 42.0 Å². The van der Waals surface area contributed by atoms with Gasteiger partial charge >= 0.3 is 5.97 Å². The third-order valence-corrected chi connectivity index (χ3v) is 3.04. The number of rotatable bonds is 6. The second-order valence-electron chi connectivity index (χ2n) is 4.89. The maximum absolute atomic E-state index is 13.5. The predicted octanol–water partition coefficient (Wildman–Crippen LogP) is 3.17. The molecule has 0 aromatic heterocycles. The summed E-state index contributed by atoms with van der Waals surface area (Å²) in [6.07, 6.45) is 2.41. The molecule has 0 bridgehead atoms. The first-order valence-electron chi connectivity index (χ1n) is 7.22. The number of amides is 1. The fourth-order valence-electron chi connectivity index (χ4n) is 1.90. The van der Waals surface area contributed by atoms with E-state index in [0.29, 0.717) is 5.56 Å². The third kappa shape index (κ3) is 5.72. The second-order valence-corrected chi connectivity index (χ2v) is 4.89. The molecule has 0 heterocycles. The van der Waals surface area contributed by atoms with Crippen LogP contribution < -0.4 is 10.1 Å². The summed E-state index contributed by atoms with van der Waals surface area (Å²) in [5.74, 6) is -2.35. The number of anilines is 1. The second kappa shape index (κ2) is 8.58. The van der Waals surface area contributed by atoms with E-state index in [0.717, 1.165) is 12.1 Å². The Morgan fingerprint density at radius 2 is 1.96 bits per heavy atom. The molecule has 0 aliphatic rings. The highest BCUT2D eigenvalue weighted by Crippen LogP contribution is 2.18. The van der Waals surface area contributed by atoms with Gasteiger partial charge in [-0.15, -0.1) is 0 Å². The molecule has 0 saturated carbocycles. The Morgan fingerprint density at radius 1 is 1.16 bits per heavy atom. The van der Waals surface area contributed by atoms with E-state index in [1.807, 2.05) is 0 Å². The lowest BCUT2D eigenvalue weighted by molar-refractivity contribution is -0.142. The summed E-state index contributed by atoms with van der Waals surface area (Å²) in [4.78, 5) is 23.2. The van der Waals surface area contributed by atoms with Gasteiger partial charge in [0.1, 0.15) is 5.82 Å². The van der Waals surface area contributed by atoms with E-state index >= 15 is 0 Å². The van der Waals surface area contributed by atoms with Gasteiger partial charge in [0.05, 0.1) is 7.11 Å². The topological polar surface area (TPSA) is 64.6 Å². The number of carbonyl (C=O) groups is 2. The lowest BCUT2D eigenvalue weighted by Gasteiger charge is -2.05. The van der Waals surface area contributed by atoms with Crippen LogP contribution in [-0.2, 0) is 14.3 Å². The molecule has 2 aromatic rings. The molecular formula is C18H15F2NO4. The summed E-state index contributed by atoms with van der Waals surface area (Å²) in [6, 6.07) is 9.49. The largest absolute Gasteiger partial charge is 0.494 e. The maximum Gasteiger partial charge on any atom is 0.331 e. The molecular weight excluding hydrogens is 332 g/mol. The zero-order chi connectivity index (χ0) is 18.2. The highest BCUT2D eigenvalue weighted by molar-refractivity contribution is 5.94. The minimum Gasteiger partial charge on any atom is -0.494 e. The molecule has 0 atom stereocenters. The molecule has 25 heavy (non-hydrogen) atoms. The van der Waals surface area contributed by atoms with Crippen LogP contribution in [0.4, 0.5) is 14.5 Å². The Kier molecular flexibility index (Phi) is 6.22. The van der Waals surface area contributed by atoms with Crippen LogP contribution >= 0.6 is 0 Å². The molecule has 0 unspecified atom stereocenters. The lowest BCUT2D eigenvalue weighted by Crippen LogP contribution is -2.20. The highest BCUT2D eigenvalue weighted by Gasteiger charge is 2.07. The minimum atomic E-state index is -0.773. The van der Waals surface area contributed by atoms with Gasteiger partial charge in [0.2, 0.25) is 0 Å². The first-order chi connectivity index (χ1) is 12.0. The smallest absolute Gasteiger partial charge is 0.331 e. The highest BCUT2D eigenvalue weighted by atomic mass is 19.1. The Balaban J connectivity index is 1.83. The first kappa shape index (κ1) is 18.1. The van der Waals surface area contributed by atoms with Crippen LogP contribution in [0.1, 0.15) is 5.56 Å². The Labute approximate surface area is 142 Å². The van der Waals surface area contributed by atoms with E-state index < -0.39 is 30.1 Å². The SMILES string of the molecule is COc1ccc(/C=C/C(=O)OCC(=O)Nc2cccc(F)c2)cc1F. The Hall–Kier alpha value is -3.22. The van der Waals surface area contributed by atoms with E-state index in [1.54, 1.807) is 6.07 Å². The molecule has 1 amide bonds. The van der Waals surface area contributed by atoms with Gasteiger partial charge in [0, 0.05) is 11.8 Å². The summed E-state index contributed by atoms with van der Waals surface area (Å²) >= 11 is 0. The summed E-state index contributed by atoms with van der Waals surface area (Å²) in [5.41, 5.74) is 0.685. The van der Waals surface area contributed by atoms with Gasteiger partial charge in [-0.3, -0.25) is 4.79 Å². The van der Waals surface area contributed by atoms with Crippen LogP contribution in [0.15, 0.2) is 48.5 Å². The molecule has 130 valence electrons. The molecule has 0 spiro atoms. The zero-order valence-corrected chi connectivity index (χ0v) is 13.3. The van der Waals surface area contributed by atoms with Crippen molar-refractivity contribution in [3.63, 3.8) is 0 Å². The van der Waals surface area contributed by atoms with Crippen molar-refractivity contribution in [1.29, 1.82) is 0 Å². The van der Waals surface area contributed by atoms with Crippen molar-refractivity contribution < 1.29 is 27.8 Å². The number of carbonyl (C=O) groups excluding carboxylic acids is 2. The normalized spacial score (nSPS) is 10.5. The molecule has 0 radical (unpaired) electrons. The number of methoxy groups -OCH3 is 1. The van der Waals surface area contributed by atoms with Crippen LogP contribution in [-0.4, -0.2) is 25.6 Å². The molecule has 2 aromatic carbocycles. The van der Waals surface area contributed by atoms with E-state index in [2.05, 4.69) is 5.32 Å². The van der Waals surface area contributed by atoms with Gasteiger partial charge in [-0.2, -0.15) is 0 Å². The maximum atomic E-state index is 13.5. The summed E-state index contributed by atoms with van der Waals surface area (Å²) in [7, 11) is 1.35. The number of hydrogen-bond acceptors (Lipinski definition) is 4. The lowest BCUT2D eigenvalue weighted by atomic mass is 10.2. The summed E-state index contributed by atoms with van der Waals surface area (Å²) in [6.45, 7) is -0.531. The van der Waals surface area contributed by atoms with Gasteiger partial charge in [0.25, 0.3) is 5.91 Å². The van der Waals surface area contributed by atoms with Gasteiger partial charge in [-0.1, -0.05) is 12.1 Å². The predicted molar refractivity (Wildman–Crippen MR) is 88.0 cm³/mol. The summed E-state index contributed by atoms with van der Waals surface area (Å²) in [5, 5.41) is 2.39. The average molecular weight is 347 g/mol. The third-order valence-electron chi connectivity index (χ3n) is 3.04. The van der Waals surface area contributed by atoms with Gasteiger partial charge < -0.3 is 14.8 Å². The molecule has 7 heteroatoms. The Bertz CT molecular complexity index is 805. The number of benzene rings is 2. The fraction of sp³-hybridized carbons (Fsp3) is 0.111. The van der Waals surface area contributed by atoms with Gasteiger partial charge in [-0.25, -0.2) is 13.6 Å². The van der Waals surface area contributed by atoms with Crippen molar-refractivity contribution in [3.8, 4) is 5.75 Å². The average Bonchev–Trinajstić information content (AvgIpc) is 2.58. The van der Waals surface area contributed by atoms with Crippen LogP contribution in [0.25, 0.3) is 6.08 Å². The molecule has 0 aliphatic carbocycles. The minimum absolute atomic E-state index is 0.0914. The molecule has 0 saturated heterocycles. The van der Waals surface area contributed by atoms with Crippen molar-refractivity contribution in [1.82, 2.24) is 0 Å². The number of halogens is 2. The van der Waals surface area contributed by atoms with Crippen LogP contribution in [0, 0.1) is 11.6 Å².